The average Bonchev–Trinajstić information content (AvgIpc) is 2.72. The van der Waals surface area contributed by atoms with Gasteiger partial charge < -0.3 is 10.2 Å². The molecule has 1 heterocycles. The van der Waals surface area contributed by atoms with E-state index in [2.05, 4.69) is 15.3 Å². The SMILES string of the molecule is CCCCN(CCC(=O)NCc1cccc(C(F)(F)F)c1)C(=O)c1cnccn1. The molecule has 0 spiro atoms. The number of nitrogens with one attached hydrogen (secondary N) is 1. The van der Waals surface area contributed by atoms with Crippen LogP contribution in [-0.4, -0.2) is 39.8 Å². The van der Waals surface area contributed by atoms with Crippen LogP contribution in [0.4, 0.5) is 13.2 Å². The number of carbonyl (C=O) groups excluding carboxylic acids is 2. The summed E-state index contributed by atoms with van der Waals surface area (Å²) in [5, 5.41) is 2.60. The van der Waals surface area contributed by atoms with E-state index in [-0.39, 0.29) is 37.0 Å². The molecule has 9 heteroatoms. The van der Waals surface area contributed by atoms with Gasteiger partial charge in [0.1, 0.15) is 5.69 Å². The first kappa shape index (κ1) is 22.3. The van der Waals surface area contributed by atoms with Crippen LogP contribution in [0.3, 0.4) is 0 Å². The van der Waals surface area contributed by atoms with Gasteiger partial charge >= 0.3 is 6.18 Å². The zero-order valence-corrected chi connectivity index (χ0v) is 16.1. The normalized spacial score (nSPS) is 11.2. The molecular weight excluding hydrogens is 385 g/mol. The van der Waals surface area contributed by atoms with Crippen LogP contribution >= 0.6 is 0 Å². The van der Waals surface area contributed by atoms with Gasteiger partial charge in [-0.05, 0) is 24.1 Å². The molecule has 1 aromatic carbocycles. The molecule has 0 atom stereocenters. The van der Waals surface area contributed by atoms with Crippen molar-refractivity contribution in [2.75, 3.05) is 13.1 Å². The number of benzene rings is 1. The Hall–Kier alpha value is -2.97. The van der Waals surface area contributed by atoms with E-state index in [1.807, 2.05) is 6.92 Å². The van der Waals surface area contributed by atoms with Gasteiger partial charge in [0.15, 0.2) is 0 Å². The van der Waals surface area contributed by atoms with Crippen LogP contribution in [0.5, 0.6) is 0 Å². The van der Waals surface area contributed by atoms with Crippen LogP contribution < -0.4 is 5.32 Å². The zero-order valence-electron chi connectivity index (χ0n) is 16.1. The first-order valence-electron chi connectivity index (χ1n) is 9.29. The highest BCUT2D eigenvalue weighted by Gasteiger charge is 2.30. The second-order valence-electron chi connectivity index (χ2n) is 6.46. The summed E-state index contributed by atoms with van der Waals surface area (Å²) in [6, 6.07) is 4.80. The van der Waals surface area contributed by atoms with Crippen LogP contribution in [0.2, 0.25) is 0 Å². The van der Waals surface area contributed by atoms with E-state index < -0.39 is 11.7 Å². The minimum absolute atomic E-state index is 0.0180. The number of hydrogen-bond donors (Lipinski definition) is 1. The lowest BCUT2D eigenvalue weighted by atomic mass is 10.1. The third-order valence-corrected chi connectivity index (χ3v) is 4.20. The van der Waals surface area contributed by atoms with Crippen molar-refractivity contribution in [1.82, 2.24) is 20.2 Å². The molecule has 1 aromatic heterocycles. The summed E-state index contributed by atoms with van der Waals surface area (Å²) in [5.41, 5.74) is -0.204. The highest BCUT2D eigenvalue weighted by Crippen LogP contribution is 2.29. The smallest absolute Gasteiger partial charge is 0.352 e. The Morgan fingerprint density at radius 1 is 1.17 bits per heavy atom. The van der Waals surface area contributed by atoms with Crippen LogP contribution in [-0.2, 0) is 17.5 Å². The quantitative estimate of drug-likeness (QED) is 0.690. The number of nitrogens with zero attached hydrogens (tertiary/aromatic N) is 3. The Labute approximate surface area is 167 Å². The van der Waals surface area contributed by atoms with E-state index in [1.54, 1.807) is 0 Å². The fourth-order valence-corrected chi connectivity index (χ4v) is 2.62. The van der Waals surface area contributed by atoms with Crippen molar-refractivity contribution in [2.24, 2.45) is 0 Å². The van der Waals surface area contributed by atoms with Gasteiger partial charge in [-0.15, -0.1) is 0 Å². The first-order valence-corrected chi connectivity index (χ1v) is 9.29. The molecule has 0 aliphatic rings. The van der Waals surface area contributed by atoms with Crippen LogP contribution in [0, 0.1) is 0 Å². The Morgan fingerprint density at radius 3 is 2.62 bits per heavy atom. The van der Waals surface area contributed by atoms with Crippen molar-refractivity contribution < 1.29 is 22.8 Å². The Balaban J connectivity index is 1.90. The van der Waals surface area contributed by atoms with Gasteiger partial charge in [0.2, 0.25) is 5.91 Å². The maximum absolute atomic E-state index is 12.8. The molecule has 0 aliphatic carbocycles. The summed E-state index contributed by atoms with van der Waals surface area (Å²) in [6.07, 6.45) is 1.52. The summed E-state index contributed by atoms with van der Waals surface area (Å²) in [5.74, 6) is -0.659. The average molecular weight is 408 g/mol. The van der Waals surface area contributed by atoms with Gasteiger partial charge in [0, 0.05) is 38.4 Å². The second-order valence-corrected chi connectivity index (χ2v) is 6.46. The summed E-state index contributed by atoms with van der Waals surface area (Å²) in [4.78, 5) is 34.1. The molecule has 1 N–H and O–H groups in total. The van der Waals surface area contributed by atoms with Gasteiger partial charge in [-0.3, -0.25) is 14.6 Å². The number of hydrogen-bond acceptors (Lipinski definition) is 4. The van der Waals surface area contributed by atoms with Crippen LogP contribution in [0.25, 0.3) is 0 Å². The topological polar surface area (TPSA) is 75.2 Å². The molecule has 0 fully saturated rings. The van der Waals surface area contributed by atoms with Crippen LogP contribution in [0.1, 0.15) is 47.8 Å². The molecular formula is C20H23F3N4O2. The molecule has 156 valence electrons. The minimum atomic E-state index is -4.43. The van der Waals surface area contributed by atoms with Gasteiger partial charge in [0.25, 0.3) is 5.91 Å². The molecule has 0 saturated carbocycles. The summed E-state index contributed by atoms with van der Waals surface area (Å²) >= 11 is 0. The molecule has 6 nitrogen and oxygen atoms in total. The lowest BCUT2D eigenvalue weighted by Gasteiger charge is -2.21. The van der Waals surface area contributed by atoms with Crippen molar-refractivity contribution in [3.8, 4) is 0 Å². The fourth-order valence-electron chi connectivity index (χ4n) is 2.62. The minimum Gasteiger partial charge on any atom is -0.352 e. The fraction of sp³-hybridized carbons (Fsp3) is 0.400. The largest absolute Gasteiger partial charge is 0.416 e. The van der Waals surface area contributed by atoms with E-state index >= 15 is 0 Å². The number of halogens is 3. The van der Waals surface area contributed by atoms with Gasteiger partial charge in [-0.25, -0.2) is 4.98 Å². The molecule has 0 aliphatic heterocycles. The third-order valence-electron chi connectivity index (χ3n) is 4.20. The van der Waals surface area contributed by atoms with E-state index in [0.29, 0.717) is 12.1 Å². The lowest BCUT2D eigenvalue weighted by molar-refractivity contribution is -0.137. The number of alkyl halides is 3. The molecule has 2 aromatic rings. The molecule has 0 bridgehead atoms. The Bertz CT molecular complexity index is 813. The molecule has 2 amide bonds. The number of rotatable bonds is 9. The summed E-state index contributed by atoms with van der Waals surface area (Å²) < 4.78 is 38.3. The summed E-state index contributed by atoms with van der Waals surface area (Å²) in [6.45, 7) is 2.64. The predicted molar refractivity (Wildman–Crippen MR) is 101 cm³/mol. The number of amides is 2. The van der Waals surface area contributed by atoms with E-state index in [1.165, 1.54) is 35.6 Å². The van der Waals surface area contributed by atoms with Crippen LogP contribution in [0.15, 0.2) is 42.9 Å². The predicted octanol–water partition coefficient (Wildman–Crippen LogP) is 3.44. The molecule has 0 unspecified atom stereocenters. The highest BCUT2D eigenvalue weighted by molar-refractivity contribution is 5.92. The molecule has 0 saturated heterocycles. The summed E-state index contributed by atoms with van der Waals surface area (Å²) in [7, 11) is 0. The zero-order chi connectivity index (χ0) is 21.3. The van der Waals surface area contributed by atoms with Crippen molar-refractivity contribution in [1.29, 1.82) is 0 Å². The van der Waals surface area contributed by atoms with Crippen molar-refractivity contribution in [2.45, 2.75) is 38.9 Å². The highest BCUT2D eigenvalue weighted by atomic mass is 19.4. The Kier molecular flexibility index (Phi) is 8.11. The maximum Gasteiger partial charge on any atom is 0.416 e. The van der Waals surface area contributed by atoms with Gasteiger partial charge in [-0.1, -0.05) is 25.5 Å². The molecule has 29 heavy (non-hydrogen) atoms. The number of aromatic nitrogens is 2. The number of carbonyl (C=O) groups is 2. The third kappa shape index (κ3) is 7.17. The van der Waals surface area contributed by atoms with Gasteiger partial charge in [-0.2, -0.15) is 13.2 Å². The van der Waals surface area contributed by atoms with E-state index in [4.69, 9.17) is 0 Å². The first-order chi connectivity index (χ1) is 13.8. The number of unbranched alkanes of at least 4 members (excludes halogenated alkanes) is 1. The second kappa shape index (κ2) is 10.5. The van der Waals surface area contributed by atoms with Crippen molar-refractivity contribution in [3.63, 3.8) is 0 Å². The lowest BCUT2D eigenvalue weighted by Crippen LogP contribution is -2.36. The van der Waals surface area contributed by atoms with E-state index in [0.717, 1.165) is 25.0 Å². The van der Waals surface area contributed by atoms with E-state index in [9.17, 15) is 22.8 Å². The molecule has 0 radical (unpaired) electrons. The van der Waals surface area contributed by atoms with Crippen molar-refractivity contribution in [3.05, 3.63) is 59.7 Å². The Morgan fingerprint density at radius 2 is 1.97 bits per heavy atom. The monoisotopic (exact) mass is 408 g/mol. The standard InChI is InChI=1S/C20H23F3N4O2/c1-2-3-10-27(19(29)17-14-24-8-9-25-17)11-7-18(28)26-13-15-5-4-6-16(12-15)20(21,22)23/h4-6,8-9,12,14H,2-3,7,10-11,13H2,1H3,(H,26,28). The molecule has 2 rings (SSSR count). The maximum atomic E-state index is 12.8. The van der Waals surface area contributed by atoms with Gasteiger partial charge in [0.05, 0.1) is 11.8 Å². The van der Waals surface area contributed by atoms with Crippen molar-refractivity contribution >= 4 is 11.8 Å².